The number of alkyl halides is 3. The molecule has 0 aromatic carbocycles. The Morgan fingerprint density at radius 3 is 2.43 bits per heavy atom. The number of nitrogens with zero attached hydrogens (tertiary/aromatic N) is 2. The zero-order chi connectivity index (χ0) is 10.8. The van der Waals surface area contributed by atoms with Crippen LogP contribution in [0, 0.1) is 11.3 Å². The van der Waals surface area contributed by atoms with E-state index in [9.17, 15) is 13.2 Å². The van der Waals surface area contributed by atoms with Gasteiger partial charge in [0.15, 0.2) is 0 Å². The average molecular weight is 207 g/mol. The Balaban J connectivity index is 2.44. The maximum absolute atomic E-state index is 12.1. The van der Waals surface area contributed by atoms with Gasteiger partial charge >= 0.3 is 6.18 Å². The summed E-state index contributed by atoms with van der Waals surface area (Å²) in [5, 5.41) is 8.40. The molecular weight excluding hydrogens is 195 g/mol. The monoisotopic (exact) mass is 207 g/mol. The smallest absolute Gasteiger partial charge is 0.315 e. The summed E-state index contributed by atoms with van der Waals surface area (Å²) in [5.41, 5.74) is 5.29. The highest BCUT2D eigenvalue weighted by atomic mass is 19.4. The molecule has 1 saturated carbocycles. The van der Waals surface area contributed by atoms with Crippen LogP contribution in [-0.4, -0.2) is 36.2 Å². The molecular formula is C8H12F3N3. The summed E-state index contributed by atoms with van der Waals surface area (Å²) < 4.78 is 36.2. The van der Waals surface area contributed by atoms with E-state index < -0.39 is 18.8 Å². The van der Waals surface area contributed by atoms with Crippen molar-refractivity contribution in [1.29, 1.82) is 5.26 Å². The topological polar surface area (TPSA) is 53.1 Å². The van der Waals surface area contributed by atoms with Gasteiger partial charge in [-0.2, -0.15) is 18.4 Å². The fraction of sp³-hybridized carbons (Fsp3) is 0.875. The maximum atomic E-state index is 12.1. The summed E-state index contributed by atoms with van der Waals surface area (Å²) in [6, 6.07) is 0.866. The number of halogens is 3. The van der Waals surface area contributed by atoms with Crippen molar-refractivity contribution in [2.45, 2.75) is 31.1 Å². The molecule has 0 spiro atoms. The highest BCUT2D eigenvalue weighted by molar-refractivity contribution is 4.94. The van der Waals surface area contributed by atoms with E-state index >= 15 is 0 Å². The molecule has 1 rings (SSSR count). The fourth-order valence-electron chi connectivity index (χ4n) is 1.31. The van der Waals surface area contributed by atoms with Gasteiger partial charge in [-0.15, -0.1) is 0 Å². The summed E-state index contributed by atoms with van der Waals surface area (Å²) in [5.74, 6) is 0. The van der Waals surface area contributed by atoms with Crippen molar-refractivity contribution in [3.05, 3.63) is 0 Å². The second kappa shape index (κ2) is 4.15. The standard InChI is InChI=1S/C8H12F3N3/c9-8(10,11)5-14(7-1-2-7)4-6(13)3-12/h6-7H,1-2,4-5,13H2. The Bertz CT molecular complexity index is 229. The van der Waals surface area contributed by atoms with Crippen LogP contribution in [0.2, 0.25) is 0 Å². The summed E-state index contributed by atoms with van der Waals surface area (Å²) in [6.45, 7) is -0.965. The predicted molar refractivity (Wildman–Crippen MR) is 44.2 cm³/mol. The second-order valence-electron chi connectivity index (χ2n) is 3.51. The Kier molecular flexibility index (Phi) is 3.34. The fourth-order valence-corrected chi connectivity index (χ4v) is 1.31. The molecule has 0 saturated heterocycles. The molecule has 0 aromatic heterocycles. The van der Waals surface area contributed by atoms with Crippen LogP contribution >= 0.6 is 0 Å². The lowest BCUT2D eigenvalue weighted by atomic mass is 10.3. The van der Waals surface area contributed by atoms with E-state index in [1.807, 2.05) is 0 Å². The molecule has 80 valence electrons. The molecule has 0 radical (unpaired) electrons. The van der Waals surface area contributed by atoms with Crippen LogP contribution in [-0.2, 0) is 0 Å². The molecule has 0 bridgehead atoms. The van der Waals surface area contributed by atoms with E-state index in [1.165, 1.54) is 4.90 Å². The van der Waals surface area contributed by atoms with Crippen LogP contribution in [0.15, 0.2) is 0 Å². The molecule has 1 aliphatic carbocycles. The van der Waals surface area contributed by atoms with E-state index in [0.717, 1.165) is 12.8 Å². The van der Waals surface area contributed by atoms with Gasteiger partial charge in [0, 0.05) is 12.6 Å². The number of nitrogens with two attached hydrogens (primary N) is 1. The molecule has 3 nitrogen and oxygen atoms in total. The lowest BCUT2D eigenvalue weighted by molar-refractivity contribution is -0.147. The Labute approximate surface area is 80.3 Å². The van der Waals surface area contributed by atoms with Crippen LogP contribution < -0.4 is 5.73 Å². The third-order valence-corrected chi connectivity index (χ3v) is 2.04. The van der Waals surface area contributed by atoms with Crippen molar-refractivity contribution >= 4 is 0 Å². The van der Waals surface area contributed by atoms with Gasteiger partial charge in [-0.1, -0.05) is 0 Å². The summed E-state index contributed by atoms with van der Waals surface area (Å²) in [7, 11) is 0. The summed E-state index contributed by atoms with van der Waals surface area (Å²) >= 11 is 0. The minimum absolute atomic E-state index is 0.000671. The van der Waals surface area contributed by atoms with Gasteiger partial charge in [0.25, 0.3) is 0 Å². The third-order valence-electron chi connectivity index (χ3n) is 2.04. The summed E-state index contributed by atoms with van der Waals surface area (Å²) in [6.07, 6.45) is -2.67. The first-order valence-electron chi connectivity index (χ1n) is 4.38. The molecule has 6 heteroatoms. The maximum Gasteiger partial charge on any atom is 0.401 e. The van der Waals surface area contributed by atoms with Crippen LogP contribution in [0.25, 0.3) is 0 Å². The number of rotatable bonds is 4. The van der Waals surface area contributed by atoms with Crippen molar-refractivity contribution in [1.82, 2.24) is 4.90 Å². The number of hydrogen-bond donors (Lipinski definition) is 1. The molecule has 1 aliphatic rings. The number of nitriles is 1. The van der Waals surface area contributed by atoms with Crippen LogP contribution in [0.5, 0.6) is 0 Å². The Hall–Kier alpha value is -0.800. The number of hydrogen-bond acceptors (Lipinski definition) is 3. The lowest BCUT2D eigenvalue weighted by Crippen LogP contribution is -2.43. The normalized spacial score (nSPS) is 19.4. The van der Waals surface area contributed by atoms with Crippen LogP contribution in [0.3, 0.4) is 0 Å². The first kappa shape index (κ1) is 11.3. The molecule has 1 atom stereocenters. The van der Waals surface area contributed by atoms with E-state index in [0.29, 0.717) is 0 Å². The molecule has 0 heterocycles. The van der Waals surface area contributed by atoms with Crippen molar-refractivity contribution in [2.75, 3.05) is 13.1 Å². The summed E-state index contributed by atoms with van der Waals surface area (Å²) in [4.78, 5) is 1.24. The minimum Gasteiger partial charge on any atom is -0.315 e. The largest absolute Gasteiger partial charge is 0.401 e. The first-order chi connectivity index (χ1) is 6.42. The highest BCUT2D eigenvalue weighted by Crippen LogP contribution is 2.29. The van der Waals surface area contributed by atoms with Gasteiger partial charge in [0.05, 0.1) is 12.6 Å². The van der Waals surface area contributed by atoms with Gasteiger partial charge in [0.1, 0.15) is 6.04 Å². The van der Waals surface area contributed by atoms with Crippen molar-refractivity contribution in [3.8, 4) is 6.07 Å². The lowest BCUT2D eigenvalue weighted by Gasteiger charge is -2.23. The van der Waals surface area contributed by atoms with Crippen molar-refractivity contribution in [3.63, 3.8) is 0 Å². The van der Waals surface area contributed by atoms with Crippen LogP contribution in [0.1, 0.15) is 12.8 Å². The Morgan fingerprint density at radius 1 is 1.50 bits per heavy atom. The van der Waals surface area contributed by atoms with Gasteiger partial charge in [-0.05, 0) is 12.8 Å². The molecule has 0 aromatic rings. The highest BCUT2D eigenvalue weighted by Gasteiger charge is 2.38. The van der Waals surface area contributed by atoms with E-state index in [2.05, 4.69) is 0 Å². The zero-order valence-electron chi connectivity index (χ0n) is 7.59. The van der Waals surface area contributed by atoms with Gasteiger partial charge in [-0.25, -0.2) is 0 Å². The SMILES string of the molecule is N#CC(N)CN(CC(F)(F)F)C1CC1. The van der Waals surface area contributed by atoms with E-state index in [1.54, 1.807) is 6.07 Å². The average Bonchev–Trinajstić information content (AvgIpc) is 2.82. The molecule has 0 amide bonds. The predicted octanol–water partition coefficient (Wildman–Crippen LogP) is 0.864. The van der Waals surface area contributed by atoms with Gasteiger partial charge in [-0.3, -0.25) is 4.90 Å². The third kappa shape index (κ3) is 3.94. The molecule has 14 heavy (non-hydrogen) atoms. The molecule has 2 N–H and O–H groups in total. The first-order valence-corrected chi connectivity index (χ1v) is 4.38. The van der Waals surface area contributed by atoms with Gasteiger partial charge in [0.2, 0.25) is 0 Å². The van der Waals surface area contributed by atoms with Crippen molar-refractivity contribution in [2.24, 2.45) is 5.73 Å². The molecule has 0 aliphatic heterocycles. The molecule has 1 fully saturated rings. The minimum atomic E-state index is -4.21. The van der Waals surface area contributed by atoms with Gasteiger partial charge < -0.3 is 5.73 Å². The molecule has 1 unspecified atom stereocenters. The van der Waals surface area contributed by atoms with Crippen LogP contribution in [0.4, 0.5) is 13.2 Å². The Morgan fingerprint density at radius 2 is 2.07 bits per heavy atom. The van der Waals surface area contributed by atoms with E-state index in [4.69, 9.17) is 11.0 Å². The van der Waals surface area contributed by atoms with E-state index in [-0.39, 0.29) is 12.6 Å². The second-order valence-corrected chi connectivity index (χ2v) is 3.51. The van der Waals surface area contributed by atoms with Crippen molar-refractivity contribution < 1.29 is 13.2 Å². The quantitative estimate of drug-likeness (QED) is 0.744. The zero-order valence-corrected chi connectivity index (χ0v) is 7.59.